The summed E-state index contributed by atoms with van der Waals surface area (Å²) in [5, 5.41) is 0.991. The fraction of sp³-hybridized carbons (Fsp3) is 0. The molecule has 2 N–H and O–H groups in total. The Labute approximate surface area is 96.9 Å². The Morgan fingerprint density at radius 1 is 1.00 bits per heavy atom. The van der Waals surface area contributed by atoms with Gasteiger partial charge in [0.1, 0.15) is 0 Å². The zero-order chi connectivity index (χ0) is 10.8. The number of nitrogens with zero attached hydrogens (tertiary/aromatic N) is 2. The molecule has 1 heterocycles. The van der Waals surface area contributed by atoms with Crippen LogP contribution in [0.5, 0.6) is 0 Å². The van der Waals surface area contributed by atoms with E-state index in [1.54, 1.807) is 30.6 Å². The number of aromatic nitrogens is 2. The maximum absolute atomic E-state index is 5.88. The van der Waals surface area contributed by atoms with Crippen molar-refractivity contribution in [2.24, 2.45) is 0 Å². The summed E-state index contributed by atoms with van der Waals surface area (Å²) in [6, 6.07) is 5.23. The highest BCUT2D eigenvalue weighted by Gasteiger charge is 2.03. The van der Waals surface area contributed by atoms with Gasteiger partial charge < -0.3 is 5.73 Å². The first-order valence-corrected chi connectivity index (χ1v) is 4.95. The van der Waals surface area contributed by atoms with Crippen LogP contribution in [0, 0.1) is 0 Å². The molecule has 0 aliphatic rings. The average molecular weight is 240 g/mol. The van der Waals surface area contributed by atoms with Gasteiger partial charge in [0.25, 0.3) is 0 Å². The van der Waals surface area contributed by atoms with Crippen LogP contribution in [0.15, 0.2) is 30.6 Å². The van der Waals surface area contributed by atoms with Crippen molar-refractivity contribution in [1.29, 1.82) is 0 Å². The van der Waals surface area contributed by atoms with Crippen LogP contribution in [-0.4, -0.2) is 9.97 Å². The van der Waals surface area contributed by atoms with E-state index in [9.17, 15) is 0 Å². The molecule has 0 bridgehead atoms. The highest BCUT2D eigenvalue weighted by atomic mass is 35.5. The van der Waals surface area contributed by atoms with Crippen molar-refractivity contribution in [3.63, 3.8) is 0 Å². The minimum atomic E-state index is 0.481. The van der Waals surface area contributed by atoms with Gasteiger partial charge >= 0.3 is 0 Å². The van der Waals surface area contributed by atoms with E-state index in [-0.39, 0.29) is 0 Å². The van der Waals surface area contributed by atoms with Gasteiger partial charge in [-0.2, -0.15) is 0 Å². The van der Waals surface area contributed by atoms with Gasteiger partial charge in [0, 0.05) is 5.56 Å². The smallest absolute Gasteiger partial charge is 0.159 e. The second-order valence-electron chi connectivity index (χ2n) is 2.97. The molecule has 3 nitrogen and oxygen atoms in total. The maximum Gasteiger partial charge on any atom is 0.159 e. The Kier molecular flexibility index (Phi) is 2.75. The first-order valence-electron chi connectivity index (χ1n) is 4.20. The lowest BCUT2D eigenvalue weighted by atomic mass is 10.2. The highest BCUT2D eigenvalue weighted by molar-refractivity contribution is 6.42. The zero-order valence-electron chi connectivity index (χ0n) is 7.61. The molecule has 1 aromatic heterocycles. The SMILES string of the molecule is Nc1cnc(-c2ccc(Cl)c(Cl)c2)nc1. The van der Waals surface area contributed by atoms with Crippen LogP contribution in [-0.2, 0) is 0 Å². The van der Waals surface area contributed by atoms with Gasteiger partial charge in [-0.15, -0.1) is 0 Å². The van der Waals surface area contributed by atoms with Crippen LogP contribution < -0.4 is 5.73 Å². The fourth-order valence-electron chi connectivity index (χ4n) is 1.12. The molecule has 0 fully saturated rings. The summed E-state index contributed by atoms with van der Waals surface area (Å²) in [7, 11) is 0. The van der Waals surface area contributed by atoms with E-state index in [2.05, 4.69) is 9.97 Å². The average Bonchev–Trinajstić information content (AvgIpc) is 2.23. The quantitative estimate of drug-likeness (QED) is 0.833. The number of rotatable bonds is 1. The molecular formula is C10H7Cl2N3. The molecule has 0 saturated heterocycles. The summed E-state index contributed by atoms with van der Waals surface area (Å²) in [6.45, 7) is 0. The van der Waals surface area contributed by atoms with Crippen molar-refractivity contribution in [3.8, 4) is 11.4 Å². The first-order chi connectivity index (χ1) is 7.16. The Hall–Kier alpha value is -1.32. The van der Waals surface area contributed by atoms with Crippen LogP contribution >= 0.6 is 23.2 Å². The molecule has 2 rings (SSSR count). The Bertz CT molecular complexity index is 483. The normalized spacial score (nSPS) is 10.3. The van der Waals surface area contributed by atoms with Gasteiger partial charge in [0.15, 0.2) is 5.82 Å². The highest BCUT2D eigenvalue weighted by Crippen LogP contribution is 2.26. The third-order valence-electron chi connectivity index (χ3n) is 1.85. The number of halogens is 2. The number of hydrogen-bond acceptors (Lipinski definition) is 3. The van der Waals surface area contributed by atoms with E-state index >= 15 is 0 Å². The lowest BCUT2D eigenvalue weighted by Crippen LogP contribution is -1.92. The van der Waals surface area contributed by atoms with Gasteiger partial charge in [-0.1, -0.05) is 23.2 Å². The van der Waals surface area contributed by atoms with Crippen LogP contribution in [0.4, 0.5) is 5.69 Å². The van der Waals surface area contributed by atoms with Crippen molar-refractivity contribution in [2.75, 3.05) is 5.73 Å². The molecule has 0 aliphatic carbocycles. The molecule has 15 heavy (non-hydrogen) atoms. The molecule has 0 spiro atoms. The molecule has 0 aliphatic heterocycles. The third kappa shape index (κ3) is 2.19. The second-order valence-corrected chi connectivity index (χ2v) is 3.78. The van der Waals surface area contributed by atoms with Gasteiger partial charge in [-0.3, -0.25) is 0 Å². The summed E-state index contributed by atoms with van der Waals surface area (Å²) in [4.78, 5) is 8.16. The van der Waals surface area contributed by atoms with Crippen molar-refractivity contribution in [1.82, 2.24) is 9.97 Å². The van der Waals surface area contributed by atoms with E-state index < -0.39 is 0 Å². The summed E-state index contributed by atoms with van der Waals surface area (Å²) in [6.07, 6.45) is 3.09. The molecule has 0 atom stereocenters. The second kappa shape index (κ2) is 4.04. The predicted molar refractivity (Wildman–Crippen MR) is 61.9 cm³/mol. The molecule has 5 heteroatoms. The van der Waals surface area contributed by atoms with Crippen LogP contribution in [0.25, 0.3) is 11.4 Å². The fourth-order valence-corrected chi connectivity index (χ4v) is 1.42. The van der Waals surface area contributed by atoms with Crippen LogP contribution in [0.3, 0.4) is 0 Å². The standard InChI is InChI=1S/C10H7Cl2N3/c11-8-2-1-6(3-9(8)12)10-14-4-7(13)5-15-10/h1-5H,13H2. The minimum Gasteiger partial charge on any atom is -0.396 e. The van der Waals surface area contributed by atoms with E-state index in [1.807, 2.05) is 0 Å². The number of nitrogen functional groups attached to an aromatic ring is 1. The van der Waals surface area contributed by atoms with Crippen molar-refractivity contribution >= 4 is 28.9 Å². The third-order valence-corrected chi connectivity index (χ3v) is 2.59. The monoisotopic (exact) mass is 239 g/mol. The van der Waals surface area contributed by atoms with Gasteiger partial charge in [0.05, 0.1) is 28.1 Å². The number of anilines is 1. The Morgan fingerprint density at radius 2 is 1.67 bits per heavy atom. The van der Waals surface area contributed by atoms with E-state index in [0.29, 0.717) is 21.6 Å². The van der Waals surface area contributed by atoms with Crippen molar-refractivity contribution in [2.45, 2.75) is 0 Å². The molecule has 0 saturated carbocycles. The lowest BCUT2D eigenvalue weighted by Gasteiger charge is -2.01. The number of nitrogens with two attached hydrogens (primary N) is 1. The van der Waals surface area contributed by atoms with E-state index in [4.69, 9.17) is 28.9 Å². The molecular weight excluding hydrogens is 233 g/mol. The minimum absolute atomic E-state index is 0.481. The largest absolute Gasteiger partial charge is 0.396 e. The van der Waals surface area contributed by atoms with Gasteiger partial charge in [0.2, 0.25) is 0 Å². The predicted octanol–water partition coefficient (Wildman–Crippen LogP) is 3.03. The van der Waals surface area contributed by atoms with Gasteiger partial charge in [-0.25, -0.2) is 9.97 Å². The van der Waals surface area contributed by atoms with Gasteiger partial charge in [-0.05, 0) is 18.2 Å². The first kappa shape index (κ1) is 10.2. The lowest BCUT2D eigenvalue weighted by molar-refractivity contribution is 1.18. The van der Waals surface area contributed by atoms with E-state index in [0.717, 1.165) is 5.56 Å². The summed E-state index contributed by atoms with van der Waals surface area (Å²) in [5.74, 6) is 0.572. The molecule has 0 unspecified atom stereocenters. The number of hydrogen-bond donors (Lipinski definition) is 1. The summed E-state index contributed by atoms with van der Waals surface area (Å²) >= 11 is 11.7. The van der Waals surface area contributed by atoms with Crippen molar-refractivity contribution in [3.05, 3.63) is 40.6 Å². The zero-order valence-corrected chi connectivity index (χ0v) is 9.13. The molecule has 0 amide bonds. The molecule has 76 valence electrons. The Morgan fingerprint density at radius 3 is 2.27 bits per heavy atom. The van der Waals surface area contributed by atoms with Crippen LogP contribution in [0.2, 0.25) is 10.0 Å². The molecule has 1 aromatic carbocycles. The summed E-state index contributed by atoms with van der Waals surface area (Å²) in [5.41, 5.74) is 6.82. The topological polar surface area (TPSA) is 51.8 Å². The Balaban J connectivity index is 2.45. The van der Waals surface area contributed by atoms with Crippen molar-refractivity contribution < 1.29 is 0 Å². The van der Waals surface area contributed by atoms with Crippen LogP contribution in [0.1, 0.15) is 0 Å². The molecule has 2 aromatic rings. The molecule has 0 radical (unpaired) electrons. The van der Waals surface area contributed by atoms with E-state index in [1.165, 1.54) is 0 Å². The number of benzene rings is 1. The maximum atomic E-state index is 5.88. The summed E-state index contributed by atoms with van der Waals surface area (Å²) < 4.78 is 0.